The van der Waals surface area contributed by atoms with E-state index in [1.54, 1.807) is 0 Å². The number of hydrogen-bond acceptors (Lipinski definition) is 1. The van der Waals surface area contributed by atoms with Gasteiger partial charge in [0.15, 0.2) is 0 Å². The van der Waals surface area contributed by atoms with Crippen LogP contribution in [0.1, 0.15) is 25.0 Å². The summed E-state index contributed by atoms with van der Waals surface area (Å²) in [7, 11) is 1.99. The third-order valence-electron chi connectivity index (χ3n) is 3.43. The van der Waals surface area contributed by atoms with Crippen LogP contribution in [-0.4, -0.2) is 11.9 Å². The first kappa shape index (κ1) is 18.5. The first-order valence-corrected chi connectivity index (χ1v) is 7.77. The first-order chi connectivity index (χ1) is 10.9. The van der Waals surface area contributed by atoms with Gasteiger partial charge < -0.3 is 4.90 Å². The predicted octanol–water partition coefficient (Wildman–Crippen LogP) is 6.05. The molecule has 0 saturated carbocycles. The topological polar surface area (TPSA) is 3.24 Å². The van der Waals surface area contributed by atoms with Gasteiger partial charge in [0.1, 0.15) is 0 Å². The van der Waals surface area contributed by atoms with E-state index in [-0.39, 0.29) is 0 Å². The Labute approximate surface area is 141 Å². The van der Waals surface area contributed by atoms with Gasteiger partial charge in [0.05, 0.1) is 0 Å². The molecule has 0 aliphatic carbocycles. The van der Waals surface area contributed by atoms with Crippen molar-refractivity contribution in [2.24, 2.45) is 0 Å². The van der Waals surface area contributed by atoms with Crippen molar-refractivity contribution in [2.45, 2.75) is 20.8 Å². The summed E-state index contributed by atoms with van der Waals surface area (Å²) in [6.45, 7) is 14.4. The normalized spacial score (nSPS) is 12.4. The highest BCUT2D eigenvalue weighted by atomic mass is 15.1. The van der Waals surface area contributed by atoms with E-state index in [0.717, 1.165) is 16.8 Å². The van der Waals surface area contributed by atoms with Gasteiger partial charge in [-0.3, -0.25) is 0 Å². The SMILES string of the molecule is C=C(/C=C\N(C)C(=C)c1ccc(C)cc1)/C=C/C(C)=C/C=C\C. The Morgan fingerprint density at radius 3 is 2.30 bits per heavy atom. The quantitative estimate of drug-likeness (QED) is 0.555. The minimum absolute atomic E-state index is 0.946. The summed E-state index contributed by atoms with van der Waals surface area (Å²) in [6.07, 6.45) is 14.1. The van der Waals surface area contributed by atoms with E-state index in [4.69, 9.17) is 0 Å². The molecular formula is C22H27N. The summed E-state index contributed by atoms with van der Waals surface area (Å²) in [6, 6.07) is 8.37. The summed E-state index contributed by atoms with van der Waals surface area (Å²) < 4.78 is 0. The molecule has 0 heterocycles. The zero-order valence-corrected chi connectivity index (χ0v) is 14.7. The van der Waals surface area contributed by atoms with Crippen molar-refractivity contribution >= 4 is 5.70 Å². The lowest BCUT2D eigenvalue weighted by Gasteiger charge is -2.17. The molecule has 1 heteroatoms. The number of allylic oxidation sites excluding steroid dienone is 8. The molecule has 0 atom stereocenters. The monoisotopic (exact) mass is 305 g/mol. The Morgan fingerprint density at radius 2 is 1.70 bits per heavy atom. The maximum Gasteiger partial charge on any atom is 0.0404 e. The van der Waals surface area contributed by atoms with Gasteiger partial charge in [0, 0.05) is 18.9 Å². The molecule has 0 fully saturated rings. The Kier molecular flexibility index (Phi) is 7.62. The molecule has 1 aromatic rings. The second-order valence-electron chi connectivity index (χ2n) is 5.58. The Bertz CT molecular complexity index is 652. The average Bonchev–Trinajstić information content (AvgIpc) is 2.55. The maximum atomic E-state index is 4.15. The van der Waals surface area contributed by atoms with Crippen molar-refractivity contribution in [3.05, 3.63) is 102 Å². The zero-order chi connectivity index (χ0) is 17.2. The molecule has 0 unspecified atom stereocenters. The molecular weight excluding hydrogens is 278 g/mol. The Balaban J connectivity index is 2.65. The van der Waals surface area contributed by atoms with Gasteiger partial charge in [-0.15, -0.1) is 0 Å². The van der Waals surface area contributed by atoms with Gasteiger partial charge in [0.25, 0.3) is 0 Å². The molecule has 0 spiro atoms. The standard InChI is InChI=1S/C22H27N/c1-7-8-9-18(2)10-11-20(4)16-17-23(6)21(5)22-14-12-19(3)13-15-22/h7-17H,4-5H2,1-3,6H3/b8-7-,11-10+,17-16-,18-9+. The van der Waals surface area contributed by atoms with Crippen LogP contribution in [0.15, 0.2) is 91.2 Å². The largest absolute Gasteiger partial charge is 0.351 e. The third-order valence-corrected chi connectivity index (χ3v) is 3.43. The number of rotatable bonds is 7. The van der Waals surface area contributed by atoms with E-state index >= 15 is 0 Å². The van der Waals surface area contributed by atoms with Gasteiger partial charge in [-0.2, -0.15) is 0 Å². The molecule has 1 aromatic carbocycles. The van der Waals surface area contributed by atoms with Crippen LogP contribution in [0.4, 0.5) is 0 Å². The van der Waals surface area contributed by atoms with Crippen molar-refractivity contribution in [1.29, 1.82) is 0 Å². The van der Waals surface area contributed by atoms with Crippen LogP contribution < -0.4 is 0 Å². The lowest BCUT2D eigenvalue weighted by atomic mass is 10.1. The fourth-order valence-corrected chi connectivity index (χ4v) is 1.84. The zero-order valence-electron chi connectivity index (χ0n) is 14.7. The maximum absolute atomic E-state index is 4.15. The van der Waals surface area contributed by atoms with Crippen molar-refractivity contribution < 1.29 is 0 Å². The number of nitrogens with zero attached hydrogens (tertiary/aromatic N) is 1. The molecule has 0 aromatic heterocycles. The molecule has 0 bridgehead atoms. The van der Waals surface area contributed by atoms with Crippen molar-refractivity contribution in [1.82, 2.24) is 4.90 Å². The fourth-order valence-electron chi connectivity index (χ4n) is 1.84. The van der Waals surface area contributed by atoms with Crippen molar-refractivity contribution in [3.8, 4) is 0 Å². The first-order valence-electron chi connectivity index (χ1n) is 7.77. The van der Waals surface area contributed by atoms with Gasteiger partial charge in [0.2, 0.25) is 0 Å². The van der Waals surface area contributed by atoms with Crippen LogP contribution in [0, 0.1) is 6.92 Å². The third kappa shape index (κ3) is 6.84. The van der Waals surface area contributed by atoms with Gasteiger partial charge >= 0.3 is 0 Å². The lowest BCUT2D eigenvalue weighted by Crippen LogP contribution is -2.07. The number of benzene rings is 1. The predicted molar refractivity (Wildman–Crippen MR) is 104 cm³/mol. The van der Waals surface area contributed by atoms with Crippen LogP contribution in [0.25, 0.3) is 5.70 Å². The van der Waals surface area contributed by atoms with E-state index < -0.39 is 0 Å². The molecule has 23 heavy (non-hydrogen) atoms. The van der Waals surface area contributed by atoms with E-state index in [1.807, 2.05) is 49.4 Å². The highest BCUT2D eigenvalue weighted by Crippen LogP contribution is 2.17. The van der Waals surface area contributed by atoms with Crippen LogP contribution in [0.2, 0.25) is 0 Å². The second kappa shape index (κ2) is 9.47. The molecule has 1 rings (SSSR count). The molecule has 0 saturated heterocycles. The van der Waals surface area contributed by atoms with Crippen LogP contribution in [0.3, 0.4) is 0 Å². The molecule has 0 aliphatic rings. The fraction of sp³-hybridized carbons (Fsp3) is 0.182. The summed E-state index contributed by atoms with van der Waals surface area (Å²) in [5.74, 6) is 0. The average molecular weight is 305 g/mol. The van der Waals surface area contributed by atoms with Crippen LogP contribution in [0.5, 0.6) is 0 Å². The van der Waals surface area contributed by atoms with Gasteiger partial charge in [-0.25, -0.2) is 0 Å². The molecule has 0 amide bonds. The Morgan fingerprint density at radius 1 is 1.04 bits per heavy atom. The highest BCUT2D eigenvalue weighted by Gasteiger charge is 2.01. The smallest absolute Gasteiger partial charge is 0.0404 e. The summed E-state index contributed by atoms with van der Waals surface area (Å²) >= 11 is 0. The minimum atomic E-state index is 0.946. The van der Waals surface area contributed by atoms with Crippen LogP contribution >= 0.6 is 0 Å². The molecule has 0 N–H and O–H groups in total. The van der Waals surface area contributed by atoms with Crippen LogP contribution in [-0.2, 0) is 0 Å². The summed E-state index contributed by atoms with van der Waals surface area (Å²) in [5.41, 5.74) is 5.47. The molecule has 0 radical (unpaired) electrons. The molecule has 120 valence electrons. The van der Waals surface area contributed by atoms with E-state index in [9.17, 15) is 0 Å². The van der Waals surface area contributed by atoms with Gasteiger partial charge in [-0.1, -0.05) is 78.9 Å². The molecule has 0 aliphatic heterocycles. The van der Waals surface area contributed by atoms with E-state index in [0.29, 0.717) is 0 Å². The molecule has 1 nitrogen and oxygen atoms in total. The van der Waals surface area contributed by atoms with E-state index in [1.165, 1.54) is 11.1 Å². The number of aryl methyl sites for hydroxylation is 1. The Hall–Kier alpha value is -2.54. The van der Waals surface area contributed by atoms with Gasteiger partial charge in [-0.05, 0) is 38.0 Å². The highest BCUT2D eigenvalue weighted by molar-refractivity contribution is 5.62. The summed E-state index contributed by atoms with van der Waals surface area (Å²) in [4.78, 5) is 2.01. The summed E-state index contributed by atoms with van der Waals surface area (Å²) in [5, 5.41) is 0. The van der Waals surface area contributed by atoms with E-state index in [2.05, 4.69) is 63.4 Å². The minimum Gasteiger partial charge on any atom is -0.351 e. The van der Waals surface area contributed by atoms with Crippen molar-refractivity contribution in [3.63, 3.8) is 0 Å². The lowest BCUT2D eigenvalue weighted by molar-refractivity contribution is 0.657. The number of hydrogen-bond donors (Lipinski definition) is 0. The van der Waals surface area contributed by atoms with Crippen molar-refractivity contribution in [2.75, 3.05) is 7.05 Å². The second-order valence-corrected chi connectivity index (χ2v) is 5.58.